The van der Waals surface area contributed by atoms with Crippen molar-refractivity contribution in [1.82, 2.24) is 15.5 Å². The molecule has 1 aliphatic rings. The van der Waals surface area contributed by atoms with Gasteiger partial charge in [-0.15, -0.1) is 12.4 Å². The summed E-state index contributed by atoms with van der Waals surface area (Å²) in [5, 5.41) is 5.83. The average molecular weight is 250 g/mol. The monoisotopic (exact) mass is 249 g/mol. The van der Waals surface area contributed by atoms with E-state index in [-0.39, 0.29) is 36.7 Å². The predicted octanol–water partition coefficient (Wildman–Crippen LogP) is -0.388. The summed E-state index contributed by atoms with van der Waals surface area (Å²) in [6, 6.07) is 0. The van der Waals surface area contributed by atoms with Crippen LogP contribution in [-0.4, -0.2) is 50.4 Å². The zero-order valence-corrected chi connectivity index (χ0v) is 10.6. The van der Waals surface area contributed by atoms with Crippen LogP contribution in [0.4, 0.5) is 0 Å². The summed E-state index contributed by atoms with van der Waals surface area (Å²) in [4.78, 5) is 24.3. The number of halogens is 1. The van der Waals surface area contributed by atoms with Gasteiger partial charge >= 0.3 is 0 Å². The Balaban J connectivity index is 0.00000225. The minimum atomic E-state index is -0.0767. The Labute approximate surface area is 102 Å². The van der Waals surface area contributed by atoms with E-state index < -0.39 is 0 Å². The topological polar surface area (TPSA) is 61.4 Å². The maximum absolute atomic E-state index is 11.6. The van der Waals surface area contributed by atoms with Gasteiger partial charge in [0.05, 0.1) is 12.5 Å². The number of nitrogens with one attached hydrogen (secondary N) is 2. The number of likely N-dealkylation sites (N-methyl/N-ethyl adjacent to an activating group) is 1. The molecule has 2 amide bonds. The van der Waals surface area contributed by atoms with E-state index in [0.717, 1.165) is 25.9 Å². The van der Waals surface area contributed by atoms with Crippen LogP contribution in [0.3, 0.4) is 0 Å². The van der Waals surface area contributed by atoms with Crippen molar-refractivity contribution in [3.8, 4) is 0 Å². The van der Waals surface area contributed by atoms with Gasteiger partial charge in [0.25, 0.3) is 0 Å². The molecule has 0 aliphatic carbocycles. The van der Waals surface area contributed by atoms with Gasteiger partial charge in [-0.3, -0.25) is 9.59 Å². The van der Waals surface area contributed by atoms with Crippen LogP contribution in [0.2, 0.25) is 0 Å². The minimum absolute atomic E-state index is 0. The summed E-state index contributed by atoms with van der Waals surface area (Å²) in [5.41, 5.74) is 0. The molecule has 1 heterocycles. The lowest BCUT2D eigenvalue weighted by molar-refractivity contribution is -0.132. The lowest BCUT2D eigenvalue weighted by Crippen LogP contribution is -2.43. The van der Waals surface area contributed by atoms with Crippen molar-refractivity contribution >= 4 is 24.2 Å². The molecule has 5 nitrogen and oxygen atoms in total. The van der Waals surface area contributed by atoms with Crippen LogP contribution in [0.25, 0.3) is 0 Å². The molecule has 0 saturated carbocycles. The van der Waals surface area contributed by atoms with Crippen molar-refractivity contribution in [2.24, 2.45) is 5.92 Å². The van der Waals surface area contributed by atoms with Crippen LogP contribution in [-0.2, 0) is 9.59 Å². The van der Waals surface area contributed by atoms with Gasteiger partial charge in [-0.25, -0.2) is 0 Å². The van der Waals surface area contributed by atoms with Crippen molar-refractivity contribution in [1.29, 1.82) is 0 Å². The molecule has 0 spiro atoms. The fourth-order valence-electron chi connectivity index (χ4n) is 1.54. The number of hydrogen-bond donors (Lipinski definition) is 2. The first-order valence-electron chi connectivity index (χ1n) is 5.30. The van der Waals surface area contributed by atoms with E-state index in [0.29, 0.717) is 0 Å². The quantitative estimate of drug-likeness (QED) is 0.716. The Bertz CT molecular complexity index is 240. The highest BCUT2D eigenvalue weighted by atomic mass is 35.5. The summed E-state index contributed by atoms with van der Waals surface area (Å²) in [6.07, 6.45) is 1.94. The first-order chi connectivity index (χ1) is 7.11. The lowest BCUT2D eigenvalue weighted by Gasteiger charge is -2.22. The molecule has 16 heavy (non-hydrogen) atoms. The largest absolute Gasteiger partial charge is 0.347 e. The SMILES string of the molecule is CN(C)C(=O)CNC(=O)C1CCCNC1.Cl. The maximum atomic E-state index is 11.6. The Morgan fingerprint density at radius 2 is 2.12 bits per heavy atom. The van der Waals surface area contributed by atoms with E-state index in [9.17, 15) is 9.59 Å². The van der Waals surface area contributed by atoms with E-state index in [1.54, 1.807) is 14.1 Å². The van der Waals surface area contributed by atoms with Gasteiger partial charge in [-0.2, -0.15) is 0 Å². The molecule has 6 heteroatoms. The predicted molar refractivity (Wildman–Crippen MR) is 64.5 cm³/mol. The maximum Gasteiger partial charge on any atom is 0.241 e. The number of carbonyl (C=O) groups is 2. The van der Waals surface area contributed by atoms with E-state index in [4.69, 9.17) is 0 Å². The summed E-state index contributed by atoms with van der Waals surface area (Å²) >= 11 is 0. The molecule has 1 atom stereocenters. The van der Waals surface area contributed by atoms with Crippen molar-refractivity contribution in [3.05, 3.63) is 0 Å². The number of nitrogens with zero attached hydrogens (tertiary/aromatic N) is 1. The molecule has 0 aromatic carbocycles. The van der Waals surface area contributed by atoms with Gasteiger partial charge in [0.15, 0.2) is 0 Å². The second kappa shape index (κ2) is 7.46. The van der Waals surface area contributed by atoms with Crippen molar-refractivity contribution < 1.29 is 9.59 Å². The van der Waals surface area contributed by atoms with Crippen LogP contribution in [0, 0.1) is 5.92 Å². The molecule has 0 aromatic heterocycles. The number of rotatable bonds is 3. The van der Waals surface area contributed by atoms with Crippen LogP contribution in [0.1, 0.15) is 12.8 Å². The standard InChI is InChI=1S/C10H19N3O2.ClH/c1-13(2)9(14)7-12-10(15)8-4-3-5-11-6-8;/h8,11H,3-7H2,1-2H3,(H,12,15);1H. The molecule has 0 bridgehead atoms. The number of amides is 2. The van der Waals surface area contributed by atoms with E-state index >= 15 is 0 Å². The number of piperidine rings is 1. The Hall–Kier alpha value is -0.810. The first kappa shape index (κ1) is 15.2. The third-order valence-corrected chi connectivity index (χ3v) is 2.58. The molecule has 1 rings (SSSR count). The zero-order valence-electron chi connectivity index (χ0n) is 9.78. The van der Waals surface area contributed by atoms with Crippen molar-refractivity contribution in [3.63, 3.8) is 0 Å². The van der Waals surface area contributed by atoms with E-state index in [1.807, 2.05) is 0 Å². The highest BCUT2D eigenvalue weighted by Gasteiger charge is 2.21. The fourth-order valence-corrected chi connectivity index (χ4v) is 1.54. The van der Waals surface area contributed by atoms with Gasteiger partial charge in [0.1, 0.15) is 0 Å². The fraction of sp³-hybridized carbons (Fsp3) is 0.800. The first-order valence-corrected chi connectivity index (χ1v) is 5.30. The molecule has 1 aliphatic heterocycles. The normalized spacial score (nSPS) is 19.5. The van der Waals surface area contributed by atoms with Gasteiger partial charge in [0.2, 0.25) is 11.8 Å². The van der Waals surface area contributed by atoms with Gasteiger partial charge in [-0.05, 0) is 19.4 Å². The van der Waals surface area contributed by atoms with Gasteiger partial charge < -0.3 is 15.5 Å². The summed E-state index contributed by atoms with van der Waals surface area (Å²) in [5.74, 6) is -0.0711. The molecule has 1 unspecified atom stereocenters. The van der Waals surface area contributed by atoms with Crippen LogP contribution in [0.15, 0.2) is 0 Å². The summed E-state index contributed by atoms with van der Waals surface area (Å²) in [6.45, 7) is 1.81. The van der Waals surface area contributed by atoms with E-state index in [2.05, 4.69) is 10.6 Å². The molecule has 0 radical (unpaired) electrons. The molecular formula is C10H20ClN3O2. The zero-order chi connectivity index (χ0) is 11.3. The van der Waals surface area contributed by atoms with Crippen LogP contribution in [0.5, 0.6) is 0 Å². The highest BCUT2D eigenvalue weighted by molar-refractivity contribution is 5.86. The Morgan fingerprint density at radius 1 is 1.44 bits per heavy atom. The minimum Gasteiger partial charge on any atom is -0.347 e. The van der Waals surface area contributed by atoms with Gasteiger partial charge in [-0.1, -0.05) is 0 Å². The Kier molecular flexibility index (Phi) is 7.08. The van der Waals surface area contributed by atoms with E-state index in [1.165, 1.54) is 4.90 Å². The Morgan fingerprint density at radius 3 is 2.62 bits per heavy atom. The average Bonchev–Trinajstić information content (AvgIpc) is 2.26. The molecule has 2 N–H and O–H groups in total. The van der Waals surface area contributed by atoms with Gasteiger partial charge in [0, 0.05) is 20.6 Å². The molecule has 94 valence electrons. The second-order valence-corrected chi connectivity index (χ2v) is 4.05. The smallest absolute Gasteiger partial charge is 0.241 e. The summed E-state index contributed by atoms with van der Waals surface area (Å²) in [7, 11) is 3.35. The molecule has 1 fully saturated rings. The lowest BCUT2D eigenvalue weighted by atomic mass is 9.99. The molecule has 0 aromatic rings. The third kappa shape index (κ3) is 4.81. The molecule has 1 saturated heterocycles. The second-order valence-electron chi connectivity index (χ2n) is 4.05. The third-order valence-electron chi connectivity index (χ3n) is 2.58. The number of hydrogen-bond acceptors (Lipinski definition) is 3. The molecular weight excluding hydrogens is 230 g/mol. The van der Waals surface area contributed by atoms with Crippen molar-refractivity contribution in [2.45, 2.75) is 12.8 Å². The van der Waals surface area contributed by atoms with Crippen LogP contribution < -0.4 is 10.6 Å². The van der Waals surface area contributed by atoms with Crippen LogP contribution >= 0.6 is 12.4 Å². The highest BCUT2D eigenvalue weighted by Crippen LogP contribution is 2.09. The number of carbonyl (C=O) groups excluding carboxylic acids is 2. The van der Waals surface area contributed by atoms with Crippen molar-refractivity contribution in [2.75, 3.05) is 33.7 Å². The summed E-state index contributed by atoms with van der Waals surface area (Å²) < 4.78 is 0.